The van der Waals surface area contributed by atoms with Crippen LogP contribution in [0.5, 0.6) is 5.75 Å². The van der Waals surface area contributed by atoms with Crippen LogP contribution in [0.1, 0.15) is 26.3 Å². The van der Waals surface area contributed by atoms with E-state index in [1.165, 1.54) is 6.07 Å². The molecule has 0 aliphatic rings. The van der Waals surface area contributed by atoms with Crippen molar-refractivity contribution in [2.24, 2.45) is 5.92 Å². The Morgan fingerprint density at radius 3 is 2.64 bits per heavy atom. The van der Waals surface area contributed by atoms with Crippen LogP contribution >= 0.6 is 0 Å². The number of H-pyrrole nitrogens is 1. The predicted octanol–water partition coefficient (Wildman–Crippen LogP) is 2.31. The predicted molar refractivity (Wildman–Crippen MR) is 84.3 cm³/mol. The molecule has 0 saturated carbocycles. The molecule has 22 heavy (non-hydrogen) atoms. The van der Waals surface area contributed by atoms with Crippen LogP contribution in [-0.2, 0) is 0 Å². The van der Waals surface area contributed by atoms with Crippen molar-refractivity contribution in [1.82, 2.24) is 9.97 Å². The Bertz CT molecular complexity index is 774. The molecule has 0 spiro atoms. The lowest BCUT2D eigenvalue weighted by Crippen LogP contribution is -2.19. The topological polar surface area (TPSA) is 105 Å². The lowest BCUT2D eigenvalue weighted by Gasteiger charge is -2.19. The molecule has 6 heteroatoms. The summed E-state index contributed by atoms with van der Waals surface area (Å²) in [7, 11) is 0. The number of anilines is 1. The Balaban J connectivity index is 2.41. The molecule has 0 saturated heterocycles. The fourth-order valence-corrected chi connectivity index (χ4v) is 1.84. The first-order valence-corrected chi connectivity index (χ1v) is 6.98. The van der Waals surface area contributed by atoms with Crippen LogP contribution < -0.4 is 16.0 Å². The third kappa shape index (κ3) is 3.44. The molecule has 2 rings (SSSR count). The molecule has 0 bridgehead atoms. The molecule has 1 atom stereocenters. The number of aromatic amines is 1. The van der Waals surface area contributed by atoms with E-state index in [0.29, 0.717) is 28.5 Å². The van der Waals surface area contributed by atoms with Gasteiger partial charge < -0.3 is 10.5 Å². The van der Waals surface area contributed by atoms with Gasteiger partial charge in [0.2, 0.25) is 5.95 Å². The number of aromatic nitrogens is 2. The van der Waals surface area contributed by atoms with Gasteiger partial charge in [-0.25, -0.2) is 4.98 Å². The third-order valence-electron chi connectivity index (χ3n) is 3.41. The molecule has 1 aromatic heterocycles. The summed E-state index contributed by atoms with van der Waals surface area (Å²) in [6.45, 7) is 6.06. The van der Waals surface area contributed by atoms with Crippen molar-refractivity contribution in [2.45, 2.75) is 26.9 Å². The minimum atomic E-state index is -0.338. The van der Waals surface area contributed by atoms with Crippen LogP contribution in [0.3, 0.4) is 0 Å². The summed E-state index contributed by atoms with van der Waals surface area (Å²) in [5.74, 6) is 0.889. The SMILES string of the molecule is CC(C)C(C)Oc1ccc(-c2cc(=O)[nH]c(N)n2)cc1C#N. The molecule has 6 nitrogen and oxygen atoms in total. The van der Waals surface area contributed by atoms with Crippen molar-refractivity contribution in [2.75, 3.05) is 5.73 Å². The van der Waals surface area contributed by atoms with Crippen molar-refractivity contribution in [3.8, 4) is 23.1 Å². The van der Waals surface area contributed by atoms with E-state index in [1.54, 1.807) is 18.2 Å². The molecular formula is C16H18N4O2. The number of ether oxygens (including phenoxy) is 1. The van der Waals surface area contributed by atoms with Crippen LogP contribution in [0.2, 0.25) is 0 Å². The van der Waals surface area contributed by atoms with Crippen LogP contribution in [0, 0.1) is 17.2 Å². The molecule has 114 valence electrons. The lowest BCUT2D eigenvalue weighted by atomic mass is 10.1. The number of nitrogens with two attached hydrogens (primary N) is 1. The maximum absolute atomic E-state index is 11.5. The maximum Gasteiger partial charge on any atom is 0.252 e. The second kappa shape index (κ2) is 6.31. The lowest BCUT2D eigenvalue weighted by molar-refractivity contribution is 0.170. The quantitative estimate of drug-likeness (QED) is 0.901. The fraction of sp³-hybridized carbons (Fsp3) is 0.312. The highest BCUT2D eigenvalue weighted by atomic mass is 16.5. The summed E-state index contributed by atoms with van der Waals surface area (Å²) in [6, 6.07) is 8.56. The van der Waals surface area contributed by atoms with Crippen LogP contribution in [0.15, 0.2) is 29.1 Å². The Hall–Kier alpha value is -2.81. The summed E-state index contributed by atoms with van der Waals surface area (Å²) in [4.78, 5) is 17.9. The minimum absolute atomic E-state index is 0.00807. The number of hydrogen-bond acceptors (Lipinski definition) is 5. The fourth-order valence-electron chi connectivity index (χ4n) is 1.84. The number of nitrogens with zero attached hydrogens (tertiary/aromatic N) is 2. The van der Waals surface area contributed by atoms with Crippen LogP contribution in [0.25, 0.3) is 11.3 Å². The third-order valence-corrected chi connectivity index (χ3v) is 3.41. The molecule has 0 radical (unpaired) electrons. The molecule has 0 fully saturated rings. The Kier molecular flexibility index (Phi) is 4.47. The van der Waals surface area contributed by atoms with Crippen molar-refractivity contribution >= 4 is 5.95 Å². The van der Waals surface area contributed by atoms with Gasteiger partial charge in [0.1, 0.15) is 11.8 Å². The zero-order valence-electron chi connectivity index (χ0n) is 12.8. The van der Waals surface area contributed by atoms with Gasteiger partial charge in [0.25, 0.3) is 5.56 Å². The maximum atomic E-state index is 11.5. The highest BCUT2D eigenvalue weighted by Crippen LogP contribution is 2.26. The first-order chi connectivity index (χ1) is 10.4. The van der Waals surface area contributed by atoms with Gasteiger partial charge in [-0.1, -0.05) is 13.8 Å². The average molecular weight is 298 g/mol. The molecule has 0 aliphatic heterocycles. The molecule has 1 heterocycles. The highest BCUT2D eigenvalue weighted by Gasteiger charge is 2.13. The zero-order valence-corrected chi connectivity index (χ0v) is 12.8. The Morgan fingerprint density at radius 1 is 1.32 bits per heavy atom. The number of nitrogen functional groups attached to an aromatic ring is 1. The summed E-state index contributed by atoms with van der Waals surface area (Å²) in [5, 5.41) is 9.31. The van der Waals surface area contributed by atoms with Crippen molar-refractivity contribution in [3.05, 3.63) is 40.2 Å². The molecule has 1 aromatic carbocycles. The van der Waals surface area contributed by atoms with Gasteiger partial charge in [-0.3, -0.25) is 9.78 Å². The molecule has 0 amide bonds. The number of rotatable bonds is 4. The number of hydrogen-bond donors (Lipinski definition) is 2. The van der Waals surface area contributed by atoms with Crippen molar-refractivity contribution < 1.29 is 4.74 Å². The van der Waals surface area contributed by atoms with Gasteiger partial charge in [-0.05, 0) is 31.0 Å². The summed E-state index contributed by atoms with van der Waals surface area (Å²) in [6.07, 6.45) is -0.00807. The second-order valence-electron chi connectivity index (χ2n) is 5.41. The zero-order chi connectivity index (χ0) is 16.3. The molecule has 3 N–H and O–H groups in total. The van der Waals surface area contributed by atoms with Gasteiger partial charge in [-0.15, -0.1) is 0 Å². The van der Waals surface area contributed by atoms with E-state index in [1.807, 2.05) is 20.8 Å². The number of nitriles is 1. The van der Waals surface area contributed by atoms with Crippen LogP contribution in [-0.4, -0.2) is 16.1 Å². The van der Waals surface area contributed by atoms with Gasteiger partial charge in [0.05, 0.1) is 17.4 Å². The van der Waals surface area contributed by atoms with E-state index >= 15 is 0 Å². The smallest absolute Gasteiger partial charge is 0.252 e. The monoisotopic (exact) mass is 298 g/mol. The molecule has 2 aromatic rings. The molecule has 1 unspecified atom stereocenters. The van der Waals surface area contributed by atoms with E-state index in [4.69, 9.17) is 10.5 Å². The first kappa shape index (κ1) is 15.6. The largest absolute Gasteiger partial charge is 0.489 e. The highest BCUT2D eigenvalue weighted by molar-refractivity contribution is 5.64. The Morgan fingerprint density at radius 2 is 2.05 bits per heavy atom. The van der Waals surface area contributed by atoms with Gasteiger partial charge in [-0.2, -0.15) is 5.26 Å². The standard InChI is InChI=1S/C16H18N4O2/c1-9(2)10(3)22-14-5-4-11(6-12(14)8-17)13-7-15(21)20-16(18)19-13/h4-7,9-10H,1-3H3,(H3,18,19,20,21). The van der Waals surface area contributed by atoms with Gasteiger partial charge >= 0.3 is 0 Å². The van der Waals surface area contributed by atoms with E-state index < -0.39 is 0 Å². The van der Waals surface area contributed by atoms with Crippen LogP contribution in [0.4, 0.5) is 5.95 Å². The summed E-state index contributed by atoms with van der Waals surface area (Å²) >= 11 is 0. The average Bonchev–Trinajstić information content (AvgIpc) is 2.46. The first-order valence-electron chi connectivity index (χ1n) is 6.98. The number of nitrogens with one attached hydrogen (secondary N) is 1. The Labute approximate surface area is 128 Å². The van der Waals surface area contributed by atoms with E-state index in [9.17, 15) is 10.1 Å². The van der Waals surface area contributed by atoms with E-state index in [2.05, 4.69) is 16.0 Å². The van der Waals surface area contributed by atoms with Crippen molar-refractivity contribution in [3.63, 3.8) is 0 Å². The number of benzene rings is 1. The summed E-state index contributed by atoms with van der Waals surface area (Å²) in [5.41, 5.74) is 6.65. The normalized spacial score (nSPS) is 12.0. The van der Waals surface area contributed by atoms with Gasteiger partial charge in [0.15, 0.2) is 0 Å². The van der Waals surface area contributed by atoms with E-state index in [0.717, 1.165) is 0 Å². The summed E-state index contributed by atoms with van der Waals surface area (Å²) < 4.78 is 5.80. The molecule has 0 aliphatic carbocycles. The van der Waals surface area contributed by atoms with E-state index in [-0.39, 0.29) is 17.6 Å². The second-order valence-corrected chi connectivity index (χ2v) is 5.41. The van der Waals surface area contributed by atoms with Gasteiger partial charge in [0, 0.05) is 11.6 Å². The minimum Gasteiger partial charge on any atom is -0.489 e. The molecular weight excluding hydrogens is 280 g/mol. The van der Waals surface area contributed by atoms with Crippen molar-refractivity contribution in [1.29, 1.82) is 5.26 Å².